The predicted molar refractivity (Wildman–Crippen MR) is 172 cm³/mol. The van der Waals surface area contributed by atoms with Gasteiger partial charge >= 0.3 is 17.9 Å². The second-order valence-electron chi connectivity index (χ2n) is 12.7. The smallest absolute Gasteiger partial charge is 0.317 e. The lowest BCUT2D eigenvalue weighted by atomic mass is 9.94. The molecule has 282 valence electrons. The standard InChI is InChI=1S/C30H54N6O13/c1-20(2)3-13-48-14-4-31-30(47)29-28(46)27(45)26(44)21(49-29)15-32-22(37)16-33-5-7-34(17-23(38)39)9-11-36(19-25(42)43)12-10-35(8-6-33)18-24(40)41/h20-21,26-29,44-46H,3-19H2,1-2H3,(H,31,47)(H,32,37)(H,38,39)(H,40,41)(H,42,43). The maximum atomic E-state index is 13.1. The number of aliphatic carboxylic acids is 3. The summed E-state index contributed by atoms with van der Waals surface area (Å²) in [4.78, 5) is 66.7. The molecule has 2 amide bonds. The highest BCUT2D eigenvalue weighted by atomic mass is 16.5. The molecule has 0 spiro atoms. The lowest BCUT2D eigenvalue weighted by Crippen LogP contribution is -2.63. The molecule has 19 heteroatoms. The van der Waals surface area contributed by atoms with E-state index in [0.717, 1.165) is 6.42 Å². The number of carbonyl (C=O) groups excluding carboxylic acids is 2. The summed E-state index contributed by atoms with van der Waals surface area (Å²) in [5.41, 5.74) is 0. The van der Waals surface area contributed by atoms with Crippen LogP contribution >= 0.6 is 0 Å². The van der Waals surface area contributed by atoms with Crippen LogP contribution in [0.3, 0.4) is 0 Å². The zero-order valence-corrected chi connectivity index (χ0v) is 28.3. The summed E-state index contributed by atoms with van der Waals surface area (Å²) in [6, 6.07) is 0. The van der Waals surface area contributed by atoms with Crippen LogP contribution in [-0.2, 0) is 33.4 Å². The highest BCUT2D eigenvalue weighted by Crippen LogP contribution is 2.21. The van der Waals surface area contributed by atoms with Crippen LogP contribution in [0.4, 0.5) is 0 Å². The number of carboxylic acids is 3. The number of nitrogens with zero attached hydrogens (tertiary/aromatic N) is 4. The largest absolute Gasteiger partial charge is 0.480 e. The second kappa shape index (κ2) is 21.9. The molecule has 2 fully saturated rings. The summed E-state index contributed by atoms with van der Waals surface area (Å²) >= 11 is 0. The molecule has 2 heterocycles. The third-order valence-corrected chi connectivity index (χ3v) is 8.23. The fourth-order valence-electron chi connectivity index (χ4n) is 5.36. The first-order chi connectivity index (χ1) is 23.2. The molecular formula is C30H54N6O13. The fraction of sp³-hybridized carbons (Fsp3) is 0.833. The number of carboxylic acid groups (broad SMARTS) is 3. The molecule has 2 rings (SSSR count). The van der Waals surface area contributed by atoms with E-state index < -0.39 is 60.2 Å². The van der Waals surface area contributed by atoms with E-state index in [1.807, 2.05) is 0 Å². The first kappa shape index (κ1) is 42.2. The summed E-state index contributed by atoms with van der Waals surface area (Å²) in [6.45, 7) is 5.38. The Kier molecular flexibility index (Phi) is 18.9. The van der Waals surface area contributed by atoms with Crippen molar-refractivity contribution in [3.8, 4) is 0 Å². The molecule has 0 saturated carbocycles. The maximum Gasteiger partial charge on any atom is 0.317 e. The van der Waals surface area contributed by atoms with Crippen molar-refractivity contribution in [1.29, 1.82) is 0 Å². The summed E-state index contributed by atoms with van der Waals surface area (Å²) in [5, 5.41) is 64.6. The molecule has 5 unspecified atom stereocenters. The number of rotatable bonds is 17. The van der Waals surface area contributed by atoms with E-state index in [0.29, 0.717) is 12.5 Å². The number of amides is 2. The minimum Gasteiger partial charge on any atom is -0.480 e. The van der Waals surface area contributed by atoms with E-state index >= 15 is 0 Å². The predicted octanol–water partition coefficient (Wildman–Crippen LogP) is -4.39. The number of carbonyl (C=O) groups is 5. The Balaban J connectivity index is 2.01. The summed E-state index contributed by atoms with van der Waals surface area (Å²) in [6.07, 6.45) is -6.96. The molecule has 5 atom stereocenters. The van der Waals surface area contributed by atoms with Gasteiger partial charge in [-0.05, 0) is 12.3 Å². The van der Waals surface area contributed by atoms with Crippen molar-refractivity contribution in [2.24, 2.45) is 5.92 Å². The van der Waals surface area contributed by atoms with Crippen molar-refractivity contribution in [2.75, 3.05) is 105 Å². The molecule has 2 aliphatic heterocycles. The number of ether oxygens (including phenoxy) is 2. The van der Waals surface area contributed by atoms with Crippen LogP contribution < -0.4 is 10.6 Å². The van der Waals surface area contributed by atoms with Gasteiger partial charge in [-0.2, -0.15) is 0 Å². The van der Waals surface area contributed by atoms with Crippen LogP contribution in [0.5, 0.6) is 0 Å². The van der Waals surface area contributed by atoms with E-state index in [2.05, 4.69) is 24.5 Å². The molecular weight excluding hydrogens is 652 g/mol. The molecule has 0 aliphatic carbocycles. The van der Waals surface area contributed by atoms with Gasteiger partial charge < -0.3 is 50.7 Å². The summed E-state index contributed by atoms with van der Waals surface area (Å²) in [5.74, 6) is -3.99. The van der Waals surface area contributed by atoms with Crippen LogP contribution in [0.1, 0.15) is 20.3 Å². The molecule has 2 saturated heterocycles. The van der Waals surface area contributed by atoms with Gasteiger partial charge in [0.1, 0.15) is 24.4 Å². The van der Waals surface area contributed by atoms with Gasteiger partial charge in [-0.25, -0.2) is 0 Å². The summed E-state index contributed by atoms with van der Waals surface area (Å²) in [7, 11) is 0. The average Bonchev–Trinajstić information content (AvgIpc) is 3.01. The van der Waals surface area contributed by atoms with Gasteiger partial charge in [-0.1, -0.05) is 13.8 Å². The van der Waals surface area contributed by atoms with Gasteiger partial charge in [-0.3, -0.25) is 43.6 Å². The molecule has 2 aliphatic rings. The average molecular weight is 707 g/mol. The number of aliphatic hydroxyl groups excluding tert-OH is 3. The monoisotopic (exact) mass is 706 g/mol. The van der Waals surface area contributed by atoms with Crippen molar-refractivity contribution in [3.63, 3.8) is 0 Å². The van der Waals surface area contributed by atoms with E-state index in [9.17, 15) is 54.6 Å². The van der Waals surface area contributed by atoms with E-state index in [1.54, 1.807) is 19.6 Å². The van der Waals surface area contributed by atoms with Crippen LogP contribution in [0, 0.1) is 5.92 Å². The first-order valence-corrected chi connectivity index (χ1v) is 16.5. The van der Waals surface area contributed by atoms with E-state index in [4.69, 9.17) is 9.47 Å². The highest BCUT2D eigenvalue weighted by molar-refractivity contribution is 5.82. The van der Waals surface area contributed by atoms with Gasteiger partial charge in [0, 0.05) is 72.1 Å². The zero-order chi connectivity index (χ0) is 36.5. The topological polar surface area (TPSA) is 262 Å². The Bertz CT molecular complexity index is 1040. The van der Waals surface area contributed by atoms with Crippen molar-refractivity contribution in [1.82, 2.24) is 30.2 Å². The molecule has 19 nitrogen and oxygen atoms in total. The van der Waals surface area contributed by atoms with Gasteiger partial charge in [-0.15, -0.1) is 0 Å². The van der Waals surface area contributed by atoms with E-state index in [1.165, 1.54) is 0 Å². The molecule has 0 aromatic heterocycles. The zero-order valence-electron chi connectivity index (χ0n) is 28.3. The minimum absolute atomic E-state index is 0.133. The SMILES string of the molecule is CC(C)CCOCCNC(=O)C1OC(CNC(=O)CN2CCN(CC(=O)O)CCN(CC(=O)O)CCN(CC(=O)O)CC2)C(O)C(O)C1O. The Morgan fingerprint density at radius 3 is 1.55 bits per heavy atom. The number of aliphatic hydroxyl groups is 3. The van der Waals surface area contributed by atoms with Crippen LogP contribution in [0.15, 0.2) is 0 Å². The number of hydrogen-bond donors (Lipinski definition) is 8. The third kappa shape index (κ3) is 16.5. The van der Waals surface area contributed by atoms with Crippen LogP contribution in [0.25, 0.3) is 0 Å². The number of nitrogens with one attached hydrogen (secondary N) is 2. The fourth-order valence-corrected chi connectivity index (χ4v) is 5.36. The lowest BCUT2D eigenvalue weighted by Gasteiger charge is -2.40. The quantitative estimate of drug-likeness (QED) is 0.0664. The van der Waals surface area contributed by atoms with Crippen LogP contribution in [0.2, 0.25) is 0 Å². The van der Waals surface area contributed by atoms with Gasteiger partial charge in [0.05, 0.1) is 32.8 Å². The molecule has 8 N–H and O–H groups in total. The normalized spacial score (nSPS) is 25.6. The third-order valence-electron chi connectivity index (χ3n) is 8.23. The lowest BCUT2D eigenvalue weighted by molar-refractivity contribution is -0.219. The molecule has 49 heavy (non-hydrogen) atoms. The maximum absolute atomic E-state index is 13.1. The Morgan fingerprint density at radius 2 is 1.12 bits per heavy atom. The molecule has 0 aromatic carbocycles. The Labute approximate surface area is 285 Å². The van der Waals surface area contributed by atoms with Gasteiger partial charge in [0.2, 0.25) is 5.91 Å². The van der Waals surface area contributed by atoms with Crippen molar-refractivity contribution < 1.29 is 64.1 Å². The van der Waals surface area contributed by atoms with Crippen molar-refractivity contribution >= 4 is 29.7 Å². The first-order valence-electron chi connectivity index (χ1n) is 16.5. The van der Waals surface area contributed by atoms with Crippen molar-refractivity contribution in [3.05, 3.63) is 0 Å². The summed E-state index contributed by atoms with van der Waals surface area (Å²) < 4.78 is 11.1. The Hall–Kier alpha value is -3.01. The van der Waals surface area contributed by atoms with E-state index in [-0.39, 0.29) is 98.2 Å². The number of hydrogen-bond acceptors (Lipinski definition) is 14. The molecule has 0 bridgehead atoms. The molecule has 0 aromatic rings. The highest BCUT2D eigenvalue weighted by Gasteiger charge is 2.46. The van der Waals surface area contributed by atoms with Gasteiger partial charge in [0.25, 0.3) is 5.91 Å². The second-order valence-corrected chi connectivity index (χ2v) is 12.7. The van der Waals surface area contributed by atoms with Crippen LogP contribution in [-0.4, -0.2) is 215 Å². The van der Waals surface area contributed by atoms with Crippen molar-refractivity contribution in [2.45, 2.75) is 50.8 Å². The Morgan fingerprint density at radius 1 is 0.673 bits per heavy atom. The van der Waals surface area contributed by atoms with Gasteiger partial charge in [0.15, 0.2) is 6.10 Å². The molecule has 0 radical (unpaired) electrons. The minimum atomic E-state index is -1.73.